The molecule has 0 bridgehead atoms. The standard InChI is InChI=1S/C20H20N4O3S/c1-24-18(16(12-25)21-19(27)15-10-6-3-7-11-15)22-23-20(24)28-13-17(26)14-8-4-2-5-9-14/h2-11,16,25H,12-13H2,1H3,(H,21,27)/t16-/m0/s1. The van der Waals surface area contributed by atoms with Crippen LogP contribution in [0.1, 0.15) is 32.6 Å². The van der Waals surface area contributed by atoms with Gasteiger partial charge in [-0.2, -0.15) is 0 Å². The van der Waals surface area contributed by atoms with Gasteiger partial charge in [0.1, 0.15) is 6.04 Å². The van der Waals surface area contributed by atoms with Crippen molar-refractivity contribution in [2.24, 2.45) is 7.05 Å². The summed E-state index contributed by atoms with van der Waals surface area (Å²) in [5.74, 6) is 0.319. The van der Waals surface area contributed by atoms with E-state index >= 15 is 0 Å². The van der Waals surface area contributed by atoms with Gasteiger partial charge in [0.25, 0.3) is 5.91 Å². The van der Waals surface area contributed by atoms with E-state index in [0.717, 1.165) is 0 Å². The van der Waals surface area contributed by atoms with Crippen LogP contribution in [0.3, 0.4) is 0 Å². The molecule has 2 aromatic carbocycles. The van der Waals surface area contributed by atoms with Gasteiger partial charge >= 0.3 is 0 Å². The molecule has 0 aliphatic carbocycles. The summed E-state index contributed by atoms with van der Waals surface area (Å²) >= 11 is 1.26. The number of aliphatic hydroxyl groups excluding tert-OH is 1. The molecule has 3 rings (SSSR count). The van der Waals surface area contributed by atoms with Crippen LogP contribution >= 0.6 is 11.8 Å². The van der Waals surface area contributed by atoms with Gasteiger partial charge in [0, 0.05) is 18.2 Å². The molecule has 0 unspecified atom stereocenters. The van der Waals surface area contributed by atoms with Crippen molar-refractivity contribution < 1.29 is 14.7 Å². The highest BCUT2D eigenvalue weighted by molar-refractivity contribution is 7.99. The molecule has 0 saturated heterocycles. The summed E-state index contributed by atoms with van der Waals surface area (Å²) < 4.78 is 1.68. The van der Waals surface area contributed by atoms with Gasteiger partial charge in [-0.25, -0.2) is 0 Å². The minimum absolute atomic E-state index is 0.00811. The Morgan fingerprint density at radius 3 is 2.25 bits per heavy atom. The fourth-order valence-corrected chi connectivity index (χ4v) is 3.43. The first-order chi connectivity index (χ1) is 13.6. The summed E-state index contributed by atoms with van der Waals surface area (Å²) in [6.07, 6.45) is 0. The summed E-state index contributed by atoms with van der Waals surface area (Å²) in [4.78, 5) is 24.6. The molecule has 1 heterocycles. The van der Waals surface area contributed by atoms with E-state index in [9.17, 15) is 14.7 Å². The molecule has 1 atom stereocenters. The van der Waals surface area contributed by atoms with Crippen LogP contribution in [-0.4, -0.2) is 43.9 Å². The number of amides is 1. The third-order valence-electron chi connectivity index (χ3n) is 4.13. The van der Waals surface area contributed by atoms with E-state index in [4.69, 9.17) is 0 Å². The second kappa shape index (κ2) is 9.29. The summed E-state index contributed by atoms with van der Waals surface area (Å²) in [6, 6.07) is 17.1. The maximum atomic E-state index is 12.3. The van der Waals surface area contributed by atoms with Gasteiger partial charge in [0.05, 0.1) is 12.4 Å². The zero-order valence-electron chi connectivity index (χ0n) is 15.3. The van der Waals surface area contributed by atoms with Gasteiger partial charge in [0.15, 0.2) is 16.8 Å². The van der Waals surface area contributed by atoms with E-state index < -0.39 is 6.04 Å². The maximum Gasteiger partial charge on any atom is 0.251 e. The van der Waals surface area contributed by atoms with Crippen molar-refractivity contribution in [2.45, 2.75) is 11.2 Å². The summed E-state index contributed by atoms with van der Waals surface area (Å²) in [5.41, 5.74) is 1.13. The number of benzene rings is 2. The smallest absolute Gasteiger partial charge is 0.251 e. The number of rotatable bonds is 8. The topological polar surface area (TPSA) is 97.1 Å². The lowest BCUT2D eigenvalue weighted by molar-refractivity contribution is 0.0911. The lowest BCUT2D eigenvalue weighted by Gasteiger charge is -2.15. The average molecular weight is 396 g/mol. The molecular weight excluding hydrogens is 376 g/mol. The van der Waals surface area contributed by atoms with Crippen molar-refractivity contribution >= 4 is 23.5 Å². The number of nitrogens with one attached hydrogen (secondary N) is 1. The second-order valence-electron chi connectivity index (χ2n) is 6.05. The number of Topliss-reactive ketones (excluding diaryl/α,β-unsaturated/α-hetero) is 1. The molecule has 7 nitrogen and oxygen atoms in total. The van der Waals surface area contributed by atoms with E-state index in [1.165, 1.54) is 11.8 Å². The lowest BCUT2D eigenvalue weighted by Crippen LogP contribution is -2.32. The molecule has 0 saturated carbocycles. The number of carbonyl (C=O) groups excluding carboxylic acids is 2. The van der Waals surface area contributed by atoms with E-state index in [1.807, 2.05) is 24.3 Å². The molecule has 0 fully saturated rings. The van der Waals surface area contributed by atoms with Crippen LogP contribution in [0.5, 0.6) is 0 Å². The Labute approximate surface area is 166 Å². The summed E-state index contributed by atoms with van der Waals surface area (Å²) in [6.45, 7) is -0.321. The predicted molar refractivity (Wildman–Crippen MR) is 106 cm³/mol. The van der Waals surface area contributed by atoms with Crippen LogP contribution in [0.2, 0.25) is 0 Å². The molecule has 8 heteroatoms. The van der Waals surface area contributed by atoms with Gasteiger partial charge in [-0.15, -0.1) is 10.2 Å². The fraction of sp³-hybridized carbons (Fsp3) is 0.200. The molecule has 144 valence electrons. The van der Waals surface area contributed by atoms with Gasteiger partial charge in [-0.3, -0.25) is 9.59 Å². The number of nitrogens with zero attached hydrogens (tertiary/aromatic N) is 3. The van der Waals surface area contributed by atoms with Crippen LogP contribution < -0.4 is 5.32 Å². The van der Waals surface area contributed by atoms with Crippen molar-refractivity contribution in [3.05, 3.63) is 77.6 Å². The number of thioether (sulfide) groups is 1. The van der Waals surface area contributed by atoms with Crippen molar-refractivity contribution in [1.29, 1.82) is 0 Å². The van der Waals surface area contributed by atoms with Crippen LogP contribution in [0, 0.1) is 0 Å². The van der Waals surface area contributed by atoms with E-state index in [0.29, 0.717) is 22.1 Å². The highest BCUT2D eigenvalue weighted by atomic mass is 32.2. The maximum absolute atomic E-state index is 12.3. The van der Waals surface area contributed by atoms with Crippen molar-refractivity contribution in [3.63, 3.8) is 0 Å². The number of aliphatic hydroxyl groups is 1. The highest BCUT2D eigenvalue weighted by Gasteiger charge is 2.22. The summed E-state index contributed by atoms with van der Waals surface area (Å²) in [7, 11) is 1.74. The lowest BCUT2D eigenvalue weighted by atomic mass is 10.2. The van der Waals surface area contributed by atoms with Crippen molar-refractivity contribution in [3.8, 4) is 0 Å². The Morgan fingerprint density at radius 2 is 1.64 bits per heavy atom. The molecule has 3 aromatic rings. The van der Waals surface area contributed by atoms with Crippen LogP contribution in [0.4, 0.5) is 0 Å². The molecule has 1 aromatic heterocycles. The Morgan fingerprint density at radius 1 is 1.04 bits per heavy atom. The third-order valence-corrected chi connectivity index (χ3v) is 5.15. The number of hydrogen-bond donors (Lipinski definition) is 2. The molecular formula is C20H20N4O3S. The number of aromatic nitrogens is 3. The summed E-state index contributed by atoms with van der Waals surface area (Å²) in [5, 5.41) is 21.2. The largest absolute Gasteiger partial charge is 0.394 e. The monoisotopic (exact) mass is 396 g/mol. The minimum atomic E-state index is -0.704. The molecule has 0 aliphatic heterocycles. The van der Waals surface area contributed by atoms with Gasteiger partial charge < -0.3 is 15.0 Å². The van der Waals surface area contributed by atoms with E-state index in [-0.39, 0.29) is 24.1 Å². The average Bonchev–Trinajstić information content (AvgIpc) is 3.11. The Hall–Kier alpha value is -2.97. The fourth-order valence-electron chi connectivity index (χ4n) is 2.62. The molecule has 2 N–H and O–H groups in total. The first-order valence-electron chi connectivity index (χ1n) is 8.67. The molecule has 0 radical (unpaired) electrons. The highest BCUT2D eigenvalue weighted by Crippen LogP contribution is 2.20. The van der Waals surface area contributed by atoms with Crippen molar-refractivity contribution in [1.82, 2.24) is 20.1 Å². The van der Waals surface area contributed by atoms with Gasteiger partial charge in [-0.05, 0) is 12.1 Å². The van der Waals surface area contributed by atoms with E-state index in [1.54, 1.807) is 48.0 Å². The van der Waals surface area contributed by atoms with Crippen LogP contribution in [0.15, 0.2) is 65.8 Å². The predicted octanol–water partition coefficient (Wildman–Crippen LogP) is 2.25. The Kier molecular flexibility index (Phi) is 6.57. The quantitative estimate of drug-likeness (QED) is 0.448. The Bertz CT molecular complexity index is 945. The molecule has 0 aliphatic rings. The molecule has 28 heavy (non-hydrogen) atoms. The number of carbonyl (C=O) groups is 2. The normalized spacial score (nSPS) is 11.8. The third kappa shape index (κ3) is 4.65. The van der Waals surface area contributed by atoms with Gasteiger partial charge in [0.2, 0.25) is 0 Å². The first-order valence-corrected chi connectivity index (χ1v) is 9.66. The zero-order chi connectivity index (χ0) is 19.9. The Balaban J connectivity index is 1.67. The number of ketones is 1. The van der Waals surface area contributed by atoms with Gasteiger partial charge in [-0.1, -0.05) is 60.3 Å². The zero-order valence-corrected chi connectivity index (χ0v) is 16.1. The van der Waals surface area contributed by atoms with Crippen LogP contribution in [-0.2, 0) is 7.05 Å². The molecule has 1 amide bonds. The first kappa shape index (κ1) is 19.8. The van der Waals surface area contributed by atoms with Crippen LogP contribution in [0.25, 0.3) is 0 Å². The second-order valence-corrected chi connectivity index (χ2v) is 6.99. The van der Waals surface area contributed by atoms with Crippen molar-refractivity contribution in [2.75, 3.05) is 12.4 Å². The van der Waals surface area contributed by atoms with E-state index in [2.05, 4.69) is 15.5 Å². The SMILES string of the molecule is Cn1c(SCC(=O)c2ccccc2)nnc1[C@H](CO)NC(=O)c1ccccc1. The minimum Gasteiger partial charge on any atom is -0.394 e. The number of hydrogen-bond acceptors (Lipinski definition) is 6. The molecule has 0 spiro atoms.